The van der Waals surface area contributed by atoms with E-state index in [1.54, 1.807) is 25.4 Å². The second kappa shape index (κ2) is 6.67. The highest BCUT2D eigenvalue weighted by molar-refractivity contribution is 6.09. The number of hydrogen-bond acceptors (Lipinski definition) is 3. The molecule has 1 aromatic heterocycles. The standard InChI is InChI=1S/C21H20N2O3/c1-23(13-19(24)22-12-16-5-3-11-26-16)21(25)18-10-9-15-8-7-14-4-2-6-17(18)20(14)15/h2-6,9-11H,7-8,12-13H2,1H3,(H,22,24). The van der Waals surface area contributed by atoms with E-state index in [4.69, 9.17) is 4.42 Å². The highest BCUT2D eigenvalue weighted by Crippen LogP contribution is 2.33. The maximum atomic E-state index is 12.9. The van der Waals surface area contributed by atoms with Gasteiger partial charge in [-0.3, -0.25) is 9.59 Å². The molecule has 3 aromatic rings. The van der Waals surface area contributed by atoms with Gasteiger partial charge in [0.25, 0.3) is 5.91 Å². The first-order valence-corrected chi connectivity index (χ1v) is 8.71. The van der Waals surface area contributed by atoms with Crippen molar-refractivity contribution in [2.24, 2.45) is 0 Å². The molecule has 26 heavy (non-hydrogen) atoms. The number of nitrogens with zero attached hydrogens (tertiary/aromatic N) is 1. The lowest BCUT2D eigenvalue weighted by molar-refractivity contribution is -0.121. The largest absolute Gasteiger partial charge is 0.467 e. The first-order chi connectivity index (χ1) is 12.6. The van der Waals surface area contributed by atoms with Gasteiger partial charge < -0.3 is 14.6 Å². The molecule has 0 radical (unpaired) electrons. The van der Waals surface area contributed by atoms with Gasteiger partial charge in [-0.15, -0.1) is 0 Å². The molecule has 4 rings (SSSR count). The zero-order chi connectivity index (χ0) is 18.1. The van der Waals surface area contributed by atoms with Crippen LogP contribution in [0.1, 0.15) is 27.2 Å². The molecule has 0 spiro atoms. The van der Waals surface area contributed by atoms with Crippen LogP contribution in [0.5, 0.6) is 0 Å². The van der Waals surface area contributed by atoms with Crippen LogP contribution < -0.4 is 5.32 Å². The monoisotopic (exact) mass is 348 g/mol. The van der Waals surface area contributed by atoms with Gasteiger partial charge in [-0.25, -0.2) is 0 Å². The third-order valence-corrected chi connectivity index (χ3v) is 4.87. The van der Waals surface area contributed by atoms with Crippen LogP contribution in [0.3, 0.4) is 0 Å². The van der Waals surface area contributed by atoms with Crippen molar-refractivity contribution in [3.63, 3.8) is 0 Å². The molecule has 0 saturated heterocycles. The van der Waals surface area contributed by atoms with Crippen LogP contribution in [0, 0.1) is 0 Å². The normalized spacial score (nSPS) is 12.3. The van der Waals surface area contributed by atoms with Crippen molar-refractivity contribution in [3.05, 3.63) is 71.2 Å². The van der Waals surface area contributed by atoms with E-state index in [1.165, 1.54) is 21.4 Å². The average molecular weight is 348 g/mol. The van der Waals surface area contributed by atoms with Gasteiger partial charge in [0.05, 0.1) is 19.4 Å². The highest BCUT2D eigenvalue weighted by Gasteiger charge is 2.21. The summed E-state index contributed by atoms with van der Waals surface area (Å²) in [4.78, 5) is 26.5. The molecule has 5 heteroatoms. The fourth-order valence-corrected chi connectivity index (χ4v) is 3.58. The van der Waals surface area contributed by atoms with Gasteiger partial charge in [0.2, 0.25) is 5.91 Å². The molecule has 0 saturated carbocycles. The Kier molecular flexibility index (Phi) is 4.21. The minimum absolute atomic E-state index is 0.00246. The molecule has 1 aliphatic carbocycles. The number of furan rings is 1. The van der Waals surface area contributed by atoms with Crippen LogP contribution >= 0.6 is 0 Å². The summed E-state index contributed by atoms with van der Waals surface area (Å²) in [5.74, 6) is 0.316. The summed E-state index contributed by atoms with van der Waals surface area (Å²) in [6, 6.07) is 13.6. The third-order valence-electron chi connectivity index (χ3n) is 4.87. The van der Waals surface area contributed by atoms with Gasteiger partial charge in [0, 0.05) is 12.6 Å². The van der Waals surface area contributed by atoms with Crippen molar-refractivity contribution in [3.8, 4) is 0 Å². The summed E-state index contributed by atoms with van der Waals surface area (Å²) >= 11 is 0. The summed E-state index contributed by atoms with van der Waals surface area (Å²) in [5.41, 5.74) is 3.24. The molecule has 2 amide bonds. The number of nitrogens with one attached hydrogen (secondary N) is 1. The molecular formula is C21H20N2O3. The Hall–Kier alpha value is -3.08. The van der Waals surface area contributed by atoms with Crippen molar-refractivity contribution in [2.75, 3.05) is 13.6 Å². The zero-order valence-corrected chi connectivity index (χ0v) is 14.6. The topological polar surface area (TPSA) is 62.6 Å². The predicted molar refractivity (Wildman–Crippen MR) is 98.9 cm³/mol. The van der Waals surface area contributed by atoms with Crippen molar-refractivity contribution < 1.29 is 14.0 Å². The van der Waals surface area contributed by atoms with Crippen LogP contribution in [-0.2, 0) is 24.2 Å². The van der Waals surface area contributed by atoms with Crippen molar-refractivity contribution in [2.45, 2.75) is 19.4 Å². The SMILES string of the molecule is CN(CC(=O)NCc1ccco1)C(=O)c1ccc2c3c(cccc13)CC2. The Labute approximate surface area is 151 Å². The Morgan fingerprint density at radius 3 is 2.65 bits per heavy atom. The number of carbonyl (C=O) groups is 2. The second-order valence-corrected chi connectivity index (χ2v) is 6.63. The maximum Gasteiger partial charge on any atom is 0.254 e. The number of amides is 2. The van der Waals surface area contributed by atoms with Gasteiger partial charge in [-0.1, -0.05) is 24.3 Å². The summed E-state index contributed by atoms with van der Waals surface area (Å²) in [6.07, 6.45) is 3.61. The molecule has 5 nitrogen and oxygen atoms in total. The lowest BCUT2D eigenvalue weighted by Gasteiger charge is -2.18. The van der Waals surface area contributed by atoms with Crippen LogP contribution in [0.15, 0.2) is 53.1 Å². The Balaban J connectivity index is 1.49. The summed E-state index contributed by atoms with van der Waals surface area (Å²) in [6.45, 7) is 0.317. The van der Waals surface area contributed by atoms with Crippen LogP contribution in [-0.4, -0.2) is 30.3 Å². The zero-order valence-electron chi connectivity index (χ0n) is 14.6. The van der Waals surface area contributed by atoms with Gasteiger partial charge in [-0.05, 0) is 52.9 Å². The molecule has 132 valence electrons. The number of likely N-dealkylation sites (N-methyl/N-ethyl adjacent to an activating group) is 1. The molecule has 0 aliphatic heterocycles. The lowest BCUT2D eigenvalue weighted by Crippen LogP contribution is -2.38. The van der Waals surface area contributed by atoms with E-state index in [2.05, 4.69) is 11.4 Å². The fraction of sp³-hybridized carbons (Fsp3) is 0.238. The molecular weight excluding hydrogens is 328 g/mol. The molecule has 0 atom stereocenters. The van der Waals surface area contributed by atoms with Gasteiger partial charge in [0.1, 0.15) is 5.76 Å². The predicted octanol–water partition coefficient (Wildman–Crippen LogP) is 2.92. The Bertz CT molecular complexity index is 966. The van der Waals surface area contributed by atoms with E-state index in [1.807, 2.05) is 24.3 Å². The average Bonchev–Trinajstić information content (AvgIpc) is 3.31. The molecule has 0 fully saturated rings. The van der Waals surface area contributed by atoms with E-state index in [0.717, 1.165) is 18.2 Å². The Morgan fingerprint density at radius 1 is 1.08 bits per heavy atom. The van der Waals surface area contributed by atoms with E-state index < -0.39 is 0 Å². The minimum atomic E-state index is -0.219. The number of carbonyl (C=O) groups excluding carboxylic acids is 2. The number of aryl methyl sites for hydroxylation is 2. The lowest BCUT2D eigenvalue weighted by atomic mass is 9.99. The third kappa shape index (κ3) is 2.96. The van der Waals surface area contributed by atoms with Gasteiger partial charge in [-0.2, -0.15) is 0 Å². The fourth-order valence-electron chi connectivity index (χ4n) is 3.58. The van der Waals surface area contributed by atoms with Crippen LogP contribution in [0.4, 0.5) is 0 Å². The van der Waals surface area contributed by atoms with E-state index >= 15 is 0 Å². The molecule has 1 N–H and O–H groups in total. The van der Waals surface area contributed by atoms with Crippen LogP contribution in [0.2, 0.25) is 0 Å². The summed E-state index contributed by atoms with van der Waals surface area (Å²) < 4.78 is 5.19. The number of hydrogen-bond donors (Lipinski definition) is 1. The van der Waals surface area contributed by atoms with Gasteiger partial charge >= 0.3 is 0 Å². The minimum Gasteiger partial charge on any atom is -0.467 e. The number of rotatable bonds is 5. The molecule has 0 unspecified atom stereocenters. The number of benzene rings is 2. The highest BCUT2D eigenvalue weighted by atomic mass is 16.3. The second-order valence-electron chi connectivity index (χ2n) is 6.63. The smallest absolute Gasteiger partial charge is 0.254 e. The van der Waals surface area contributed by atoms with Crippen molar-refractivity contribution >= 4 is 22.6 Å². The first kappa shape index (κ1) is 16.4. The van der Waals surface area contributed by atoms with Crippen LogP contribution in [0.25, 0.3) is 10.8 Å². The summed E-state index contributed by atoms with van der Waals surface area (Å²) in [7, 11) is 1.65. The van der Waals surface area contributed by atoms with Gasteiger partial charge in [0.15, 0.2) is 0 Å². The van der Waals surface area contributed by atoms with E-state index in [-0.39, 0.29) is 18.4 Å². The van der Waals surface area contributed by atoms with Crippen molar-refractivity contribution in [1.29, 1.82) is 0 Å². The Morgan fingerprint density at radius 2 is 1.88 bits per heavy atom. The van der Waals surface area contributed by atoms with E-state index in [0.29, 0.717) is 17.9 Å². The maximum absolute atomic E-state index is 12.9. The van der Waals surface area contributed by atoms with E-state index in [9.17, 15) is 9.59 Å². The van der Waals surface area contributed by atoms with Crippen molar-refractivity contribution in [1.82, 2.24) is 10.2 Å². The summed E-state index contributed by atoms with van der Waals surface area (Å²) in [5, 5.41) is 4.94. The molecule has 1 heterocycles. The quantitative estimate of drug-likeness (QED) is 0.771. The molecule has 1 aliphatic rings. The molecule has 2 aromatic carbocycles. The molecule has 0 bridgehead atoms. The first-order valence-electron chi connectivity index (χ1n) is 8.71.